The molecule has 1 aromatic heterocycles. The summed E-state index contributed by atoms with van der Waals surface area (Å²) in [5, 5.41) is 27.1. The number of fused-ring (bicyclic) bond motifs is 1. The largest absolute Gasteiger partial charge is 0.494 e. The Bertz CT molecular complexity index is 1100. The minimum absolute atomic E-state index is 0.0512. The summed E-state index contributed by atoms with van der Waals surface area (Å²) < 4.78 is 18.9. The number of aliphatic hydroxyl groups is 1. The lowest BCUT2D eigenvalue weighted by Gasteiger charge is -2.21. The molecule has 0 saturated heterocycles. The van der Waals surface area contributed by atoms with Gasteiger partial charge in [-0.15, -0.1) is 0 Å². The zero-order chi connectivity index (χ0) is 20.5. The average molecular weight is 398 g/mol. The van der Waals surface area contributed by atoms with Gasteiger partial charge in [-0.3, -0.25) is 15.0 Å². The van der Waals surface area contributed by atoms with Gasteiger partial charge in [0.05, 0.1) is 29.1 Å². The average Bonchev–Trinajstić information content (AvgIpc) is 3.04. The van der Waals surface area contributed by atoms with Crippen LogP contribution in [0.2, 0.25) is 0 Å². The molecule has 1 aliphatic heterocycles. The molecule has 1 unspecified atom stereocenters. The number of para-hydroxylation sites is 2. The van der Waals surface area contributed by atoms with Crippen molar-refractivity contribution >= 4 is 34.5 Å². The Hall–Kier alpha value is -3.99. The molecule has 0 aliphatic carbocycles. The standard InChI is InChI=1S/C18H15FN6O4/c1-29-15-8-10(19)14(25(27)28)9-12(15)21-17-20-7-6-16(23-17)24-13-5-3-2-4-11(13)22-18(24)26/h2-9,18,22,26H,1H3,(H,20,21,23). The van der Waals surface area contributed by atoms with Crippen LogP contribution < -0.4 is 20.3 Å². The first-order valence-corrected chi connectivity index (χ1v) is 8.43. The van der Waals surface area contributed by atoms with E-state index in [2.05, 4.69) is 20.6 Å². The van der Waals surface area contributed by atoms with Gasteiger partial charge in [-0.1, -0.05) is 12.1 Å². The second-order valence-electron chi connectivity index (χ2n) is 6.03. The van der Waals surface area contributed by atoms with Gasteiger partial charge >= 0.3 is 5.69 Å². The number of ether oxygens (including phenoxy) is 1. The second kappa shape index (κ2) is 7.20. The monoisotopic (exact) mass is 398 g/mol. The third-order valence-electron chi connectivity index (χ3n) is 4.29. The van der Waals surface area contributed by atoms with Gasteiger partial charge in [0.15, 0.2) is 0 Å². The van der Waals surface area contributed by atoms with Crippen molar-refractivity contribution < 1.29 is 19.2 Å². The number of methoxy groups -OCH3 is 1. The highest BCUT2D eigenvalue weighted by Gasteiger charge is 2.29. The zero-order valence-corrected chi connectivity index (χ0v) is 15.0. The maximum Gasteiger partial charge on any atom is 0.307 e. The molecule has 0 radical (unpaired) electrons. The fourth-order valence-electron chi connectivity index (χ4n) is 3.00. The molecule has 2 heterocycles. The van der Waals surface area contributed by atoms with Gasteiger partial charge in [-0.05, 0) is 18.2 Å². The number of nitro benzene ring substituents is 1. The smallest absolute Gasteiger partial charge is 0.307 e. The lowest BCUT2D eigenvalue weighted by atomic mass is 10.2. The SMILES string of the molecule is COc1cc(F)c([N+](=O)[O-])cc1Nc1nccc(N2c3ccccc3NC2O)n1. The summed E-state index contributed by atoms with van der Waals surface area (Å²) in [6, 6.07) is 10.8. The molecule has 0 bridgehead atoms. The van der Waals surface area contributed by atoms with Crippen LogP contribution in [-0.2, 0) is 0 Å². The van der Waals surface area contributed by atoms with Gasteiger partial charge in [-0.25, -0.2) is 4.98 Å². The van der Waals surface area contributed by atoms with Crippen LogP contribution in [-0.4, -0.2) is 33.5 Å². The fraction of sp³-hybridized carbons (Fsp3) is 0.111. The number of nitro groups is 1. The molecule has 11 heteroatoms. The number of benzene rings is 2. The number of hydrogen-bond donors (Lipinski definition) is 3. The summed E-state index contributed by atoms with van der Waals surface area (Å²) in [6.45, 7) is 0. The molecular weight excluding hydrogens is 383 g/mol. The molecular formula is C18H15FN6O4. The number of anilines is 5. The lowest BCUT2D eigenvalue weighted by molar-refractivity contribution is -0.387. The van der Waals surface area contributed by atoms with Crippen LogP contribution in [0.1, 0.15) is 0 Å². The highest BCUT2D eigenvalue weighted by molar-refractivity contribution is 5.81. The van der Waals surface area contributed by atoms with E-state index in [0.29, 0.717) is 5.82 Å². The van der Waals surface area contributed by atoms with E-state index >= 15 is 0 Å². The number of nitrogens with zero attached hydrogens (tertiary/aromatic N) is 4. The Labute approximate surface area is 163 Å². The Balaban J connectivity index is 1.69. The van der Waals surface area contributed by atoms with E-state index in [9.17, 15) is 19.6 Å². The topological polar surface area (TPSA) is 126 Å². The lowest BCUT2D eigenvalue weighted by Crippen LogP contribution is -2.31. The molecule has 3 aromatic rings. The molecule has 0 saturated carbocycles. The van der Waals surface area contributed by atoms with E-state index in [4.69, 9.17) is 4.74 Å². The fourth-order valence-corrected chi connectivity index (χ4v) is 3.00. The van der Waals surface area contributed by atoms with Gasteiger partial charge in [-0.2, -0.15) is 9.37 Å². The minimum atomic E-state index is -1.03. The van der Waals surface area contributed by atoms with E-state index in [-0.39, 0.29) is 17.4 Å². The van der Waals surface area contributed by atoms with E-state index in [0.717, 1.165) is 23.5 Å². The van der Waals surface area contributed by atoms with E-state index in [1.807, 2.05) is 24.3 Å². The van der Waals surface area contributed by atoms with Gasteiger partial charge in [0.1, 0.15) is 11.6 Å². The maximum atomic E-state index is 13.8. The highest BCUT2D eigenvalue weighted by atomic mass is 19.1. The van der Waals surface area contributed by atoms with Crippen molar-refractivity contribution in [3.63, 3.8) is 0 Å². The molecule has 1 aliphatic rings. The first kappa shape index (κ1) is 18.4. The van der Waals surface area contributed by atoms with Crippen molar-refractivity contribution in [3.05, 3.63) is 64.6 Å². The molecule has 0 amide bonds. The van der Waals surface area contributed by atoms with Crippen LogP contribution in [0.3, 0.4) is 0 Å². The molecule has 1 atom stereocenters. The molecule has 0 spiro atoms. The van der Waals surface area contributed by atoms with Crippen LogP contribution >= 0.6 is 0 Å². The number of aromatic nitrogens is 2. The summed E-state index contributed by atoms with van der Waals surface area (Å²) in [5.74, 6) is -0.508. The van der Waals surface area contributed by atoms with E-state index < -0.39 is 22.8 Å². The summed E-state index contributed by atoms with van der Waals surface area (Å²) in [5.41, 5.74) is 0.874. The summed E-state index contributed by atoms with van der Waals surface area (Å²) >= 11 is 0. The molecule has 0 fully saturated rings. The Morgan fingerprint density at radius 2 is 2.14 bits per heavy atom. The van der Waals surface area contributed by atoms with E-state index in [1.165, 1.54) is 13.3 Å². The predicted molar refractivity (Wildman–Crippen MR) is 103 cm³/mol. The maximum absolute atomic E-state index is 13.8. The molecule has 3 N–H and O–H groups in total. The van der Waals surface area contributed by atoms with Crippen LogP contribution in [0, 0.1) is 15.9 Å². The predicted octanol–water partition coefficient (Wildman–Crippen LogP) is 3.12. The summed E-state index contributed by atoms with van der Waals surface area (Å²) in [6.07, 6.45) is 0.430. The van der Waals surface area contributed by atoms with Crippen LogP contribution in [0.15, 0.2) is 48.7 Å². The Morgan fingerprint density at radius 3 is 2.90 bits per heavy atom. The van der Waals surface area contributed by atoms with Crippen LogP contribution in [0.4, 0.5) is 38.9 Å². The first-order chi connectivity index (χ1) is 14.0. The summed E-state index contributed by atoms with van der Waals surface area (Å²) in [4.78, 5) is 20.2. The zero-order valence-electron chi connectivity index (χ0n) is 15.0. The highest BCUT2D eigenvalue weighted by Crippen LogP contribution is 2.39. The van der Waals surface area contributed by atoms with Crippen molar-refractivity contribution in [1.29, 1.82) is 0 Å². The van der Waals surface area contributed by atoms with Crippen LogP contribution in [0.5, 0.6) is 5.75 Å². The first-order valence-electron chi connectivity index (χ1n) is 8.43. The third-order valence-corrected chi connectivity index (χ3v) is 4.29. The molecule has 10 nitrogen and oxygen atoms in total. The minimum Gasteiger partial charge on any atom is -0.494 e. The van der Waals surface area contributed by atoms with Crippen LogP contribution in [0.25, 0.3) is 0 Å². The molecule has 148 valence electrons. The van der Waals surface area contributed by atoms with Gasteiger partial charge in [0.25, 0.3) is 0 Å². The van der Waals surface area contributed by atoms with Gasteiger partial charge in [0, 0.05) is 18.3 Å². The number of nitrogens with one attached hydrogen (secondary N) is 2. The molecule has 2 aromatic carbocycles. The van der Waals surface area contributed by atoms with Gasteiger partial charge in [0.2, 0.25) is 18.1 Å². The number of aliphatic hydroxyl groups excluding tert-OH is 1. The number of halogens is 1. The number of rotatable bonds is 5. The van der Waals surface area contributed by atoms with Crippen molar-refractivity contribution in [2.45, 2.75) is 6.35 Å². The van der Waals surface area contributed by atoms with Crippen molar-refractivity contribution in [3.8, 4) is 5.75 Å². The normalized spacial score (nSPS) is 14.9. The summed E-state index contributed by atoms with van der Waals surface area (Å²) in [7, 11) is 1.31. The Kier molecular flexibility index (Phi) is 4.56. The molecule has 4 rings (SSSR count). The third kappa shape index (κ3) is 3.34. The second-order valence-corrected chi connectivity index (χ2v) is 6.03. The van der Waals surface area contributed by atoms with Crippen molar-refractivity contribution in [2.75, 3.05) is 22.6 Å². The number of hydrogen-bond acceptors (Lipinski definition) is 9. The molecule has 29 heavy (non-hydrogen) atoms. The van der Waals surface area contributed by atoms with E-state index in [1.54, 1.807) is 11.0 Å². The Morgan fingerprint density at radius 1 is 1.34 bits per heavy atom. The van der Waals surface area contributed by atoms with Gasteiger partial charge < -0.3 is 20.5 Å². The van der Waals surface area contributed by atoms with Crippen molar-refractivity contribution in [1.82, 2.24) is 9.97 Å². The van der Waals surface area contributed by atoms with Crippen molar-refractivity contribution in [2.24, 2.45) is 0 Å². The quantitative estimate of drug-likeness (QED) is 0.439.